The number of anilines is 1. The first-order valence-corrected chi connectivity index (χ1v) is 13.2. The van der Waals surface area contributed by atoms with E-state index in [-0.39, 0.29) is 18.5 Å². The number of fused-ring (bicyclic) bond motifs is 1. The maximum atomic E-state index is 12.9. The molecule has 3 heterocycles. The van der Waals surface area contributed by atoms with Crippen molar-refractivity contribution in [1.82, 2.24) is 10.2 Å². The Kier molecular flexibility index (Phi) is 6.11. The molecule has 8 heteroatoms. The van der Waals surface area contributed by atoms with Crippen LogP contribution in [-0.2, 0) is 19.7 Å². The smallest absolute Gasteiger partial charge is 0.303 e. The number of esters is 1. The van der Waals surface area contributed by atoms with Crippen molar-refractivity contribution in [3.05, 3.63) is 35.9 Å². The Hall–Kier alpha value is -2.58. The first-order chi connectivity index (χ1) is 17.2. The van der Waals surface area contributed by atoms with Crippen molar-refractivity contribution >= 4 is 17.6 Å². The van der Waals surface area contributed by atoms with Crippen LogP contribution < -0.4 is 15.0 Å². The summed E-state index contributed by atoms with van der Waals surface area (Å²) in [5.41, 5.74) is -0.333. The molecule has 1 saturated carbocycles. The van der Waals surface area contributed by atoms with Gasteiger partial charge < -0.3 is 24.8 Å². The molecule has 1 aromatic rings. The van der Waals surface area contributed by atoms with E-state index in [1.54, 1.807) is 7.11 Å². The molecule has 3 aliphatic heterocycles. The van der Waals surface area contributed by atoms with Crippen LogP contribution in [0.15, 0.2) is 30.4 Å². The normalized spacial score (nSPS) is 36.2. The van der Waals surface area contributed by atoms with Crippen LogP contribution >= 0.6 is 0 Å². The minimum absolute atomic E-state index is 0.00791. The lowest BCUT2D eigenvalue weighted by atomic mass is 9.47. The van der Waals surface area contributed by atoms with Gasteiger partial charge in [-0.25, -0.2) is 0 Å². The van der Waals surface area contributed by atoms with Crippen molar-refractivity contribution in [2.24, 2.45) is 5.41 Å². The van der Waals surface area contributed by atoms with Crippen molar-refractivity contribution < 1.29 is 24.2 Å². The summed E-state index contributed by atoms with van der Waals surface area (Å²) in [7, 11) is 3.66. The molecule has 1 aromatic carbocycles. The number of benzene rings is 1. The predicted molar refractivity (Wildman–Crippen MR) is 137 cm³/mol. The highest BCUT2D eigenvalue weighted by atomic mass is 16.6. The fraction of sp³-hybridized carbons (Fsp3) is 0.643. The van der Waals surface area contributed by atoms with Crippen LogP contribution in [0.5, 0.6) is 5.75 Å². The number of nitrogens with zero attached hydrogens (tertiary/aromatic N) is 2. The minimum atomic E-state index is -1.53. The van der Waals surface area contributed by atoms with E-state index in [9.17, 15) is 14.7 Å². The highest BCUT2D eigenvalue weighted by molar-refractivity contribution is 5.76. The van der Waals surface area contributed by atoms with Crippen molar-refractivity contribution in [3.63, 3.8) is 0 Å². The molecule has 8 nitrogen and oxygen atoms in total. The van der Waals surface area contributed by atoms with E-state index in [1.165, 1.54) is 12.5 Å². The van der Waals surface area contributed by atoms with E-state index in [0.717, 1.165) is 37.4 Å². The van der Waals surface area contributed by atoms with Gasteiger partial charge in [-0.05, 0) is 37.4 Å². The standard InChI is InChI=1S/C28H39N3O5/c1-6-9-22(33)29-17-28(34)24-27(20-11-10-19(35-5)16-21(20)30(24)4)13-15-31-14-8-12-26(7-2,23(27)31)25(28)36-18(3)32/h8,10-12,16,23-25,34H,6-7,9,13-15,17H2,1-5H3,(H,29,33)/t23?,24-,25-,26?,27-,28+/m1/s1. The molecule has 0 aromatic heterocycles. The molecule has 1 spiro atoms. The van der Waals surface area contributed by atoms with Crippen LogP contribution in [0.3, 0.4) is 0 Å². The van der Waals surface area contributed by atoms with Crippen LogP contribution in [0.25, 0.3) is 0 Å². The van der Waals surface area contributed by atoms with Gasteiger partial charge in [0.15, 0.2) is 0 Å². The number of hydrogen-bond acceptors (Lipinski definition) is 7. The predicted octanol–water partition coefficient (Wildman–Crippen LogP) is 2.38. The second-order valence-electron chi connectivity index (χ2n) is 11.0. The minimum Gasteiger partial charge on any atom is -0.497 e. The quantitative estimate of drug-likeness (QED) is 0.442. The van der Waals surface area contributed by atoms with Gasteiger partial charge in [0.1, 0.15) is 17.5 Å². The van der Waals surface area contributed by atoms with Gasteiger partial charge in [0.2, 0.25) is 5.91 Å². The summed E-state index contributed by atoms with van der Waals surface area (Å²) in [6, 6.07) is 5.82. The third-order valence-corrected chi connectivity index (χ3v) is 9.26. The van der Waals surface area contributed by atoms with Gasteiger partial charge in [0, 0.05) is 55.6 Å². The number of amides is 1. The number of hydrogen-bond donors (Lipinski definition) is 2. The fourth-order valence-electron chi connectivity index (χ4n) is 8.20. The first kappa shape index (κ1) is 25.1. The van der Waals surface area contributed by atoms with E-state index >= 15 is 0 Å². The Bertz CT molecular complexity index is 1090. The summed E-state index contributed by atoms with van der Waals surface area (Å²) < 4.78 is 11.7. The van der Waals surface area contributed by atoms with E-state index in [4.69, 9.17) is 9.47 Å². The molecule has 0 radical (unpaired) electrons. The van der Waals surface area contributed by atoms with Crippen LogP contribution in [0.1, 0.15) is 52.0 Å². The van der Waals surface area contributed by atoms with Gasteiger partial charge in [-0.2, -0.15) is 0 Å². The molecule has 4 aliphatic rings. The third-order valence-electron chi connectivity index (χ3n) is 9.26. The summed E-state index contributed by atoms with van der Waals surface area (Å²) in [5.74, 6) is 0.218. The number of likely N-dealkylation sites (N-methyl/N-ethyl adjacent to an activating group) is 1. The number of nitrogens with one attached hydrogen (secondary N) is 1. The van der Waals surface area contributed by atoms with Crippen molar-refractivity contribution in [1.29, 1.82) is 0 Å². The largest absolute Gasteiger partial charge is 0.497 e. The summed E-state index contributed by atoms with van der Waals surface area (Å²) >= 11 is 0. The van der Waals surface area contributed by atoms with Crippen LogP contribution in [0.4, 0.5) is 5.69 Å². The second-order valence-corrected chi connectivity index (χ2v) is 11.0. The zero-order valence-corrected chi connectivity index (χ0v) is 22.0. The van der Waals surface area contributed by atoms with Crippen LogP contribution in [0.2, 0.25) is 0 Å². The molecule has 2 N–H and O–H groups in total. The molecule has 1 aliphatic carbocycles. The number of aliphatic hydroxyl groups is 1. The number of rotatable bonds is 7. The van der Waals surface area contributed by atoms with Crippen LogP contribution in [-0.4, -0.2) is 79.5 Å². The number of methoxy groups -OCH3 is 1. The molecule has 0 bridgehead atoms. The Balaban J connectivity index is 1.76. The zero-order valence-electron chi connectivity index (χ0n) is 22.0. The summed E-state index contributed by atoms with van der Waals surface area (Å²) in [4.78, 5) is 29.8. The molecule has 6 atom stereocenters. The van der Waals surface area contributed by atoms with Crippen molar-refractivity contribution in [2.45, 2.75) is 75.7 Å². The number of carbonyl (C=O) groups is 2. The Morgan fingerprint density at radius 3 is 2.69 bits per heavy atom. The van der Waals surface area contributed by atoms with E-state index in [2.05, 4.69) is 40.3 Å². The molecular formula is C28H39N3O5. The highest BCUT2D eigenvalue weighted by Gasteiger charge is 2.77. The van der Waals surface area contributed by atoms with Gasteiger partial charge in [0.05, 0.1) is 19.7 Å². The van der Waals surface area contributed by atoms with Crippen molar-refractivity contribution in [2.75, 3.05) is 38.7 Å². The maximum Gasteiger partial charge on any atom is 0.303 e. The molecule has 5 rings (SSSR count). The van der Waals surface area contributed by atoms with Crippen LogP contribution in [0, 0.1) is 5.41 Å². The van der Waals surface area contributed by atoms with Gasteiger partial charge in [-0.1, -0.05) is 32.1 Å². The lowest BCUT2D eigenvalue weighted by molar-refractivity contribution is -0.217. The SMILES string of the molecule is CCCC(=O)NC[C@@]1(O)[C@H](OC(C)=O)C2(CC)C=CCN3CC[C@@]4(c5ccc(OC)cc5N(C)[C@@H]14)C32. The van der Waals surface area contributed by atoms with Crippen molar-refractivity contribution in [3.8, 4) is 5.75 Å². The van der Waals surface area contributed by atoms with Gasteiger partial charge >= 0.3 is 5.97 Å². The lowest BCUT2D eigenvalue weighted by Gasteiger charge is -2.64. The molecule has 196 valence electrons. The molecule has 2 unspecified atom stereocenters. The highest BCUT2D eigenvalue weighted by Crippen LogP contribution is 2.67. The Morgan fingerprint density at radius 2 is 2.03 bits per heavy atom. The first-order valence-electron chi connectivity index (χ1n) is 13.2. The molecule has 2 fully saturated rings. The summed E-state index contributed by atoms with van der Waals surface area (Å²) in [5, 5.41) is 15.9. The lowest BCUT2D eigenvalue weighted by Crippen LogP contribution is -2.81. The Labute approximate surface area is 213 Å². The molecule has 1 saturated heterocycles. The molecule has 1 amide bonds. The average Bonchev–Trinajstić information content (AvgIpc) is 3.37. The Morgan fingerprint density at radius 1 is 1.25 bits per heavy atom. The third kappa shape index (κ3) is 3.19. The van der Waals surface area contributed by atoms with Gasteiger partial charge in [0.25, 0.3) is 0 Å². The fourth-order valence-corrected chi connectivity index (χ4v) is 8.20. The number of carbonyl (C=O) groups excluding carboxylic acids is 2. The summed E-state index contributed by atoms with van der Waals surface area (Å²) in [6.45, 7) is 7.19. The number of ether oxygens (including phenoxy) is 2. The van der Waals surface area contributed by atoms with Gasteiger partial charge in [-0.15, -0.1) is 0 Å². The van der Waals surface area contributed by atoms with E-state index < -0.39 is 34.5 Å². The van der Waals surface area contributed by atoms with E-state index in [0.29, 0.717) is 12.8 Å². The van der Waals surface area contributed by atoms with E-state index in [1.807, 2.05) is 26.1 Å². The zero-order chi connectivity index (χ0) is 25.9. The molecular weight excluding hydrogens is 458 g/mol. The summed E-state index contributed by atoms with van der Waals surface area (Å²) in [6.07, 6.45) is 6.17. The second kappa shape index (κ2) is 8.77. The van der Waals surface area contributed by atoms with Gasteiger partial charge in [-0.3, -0.25) is 14.5 Å². The topological polar surface area (TPSA) is 91.3 Å². The molecule has 36 heavy (non-hydrogen) atoms. The average molecular weight is 498 g/mol. The monoisotopic (exact) mass is 497 g/mol. The maximum absolute atomic E-state index is 12.9.